The zero-order chi connectivity index (χ0) is 31.4. The first kappa shape index (κ1) is 31.3. The maximum atomic E-state index is 5.37. The van der Waals surface area contributed by atoms with Crippen molar-refractivity contribution in [1.82, 2.24) is 0 Å². The van der Waals surface area contributed by atoms with Gasteiger partial charge in [-0.15, -0.1) is 0 Å². The fourth-order valence-electron chi connectivity index (χ4n) is 6.57. The molecule has 0 spiro atoms. The average molecular weight is 585 g/mol. The number of aliphatic imine (C=N–C) groups is 2. The number of aryl methyl sites for hydroxylation is 8. The highest BCUT2D eigenvalue weighted by atomic mass is 15.0. The molecule has 0 aromatic heterocycles. The Hall–Kier alpha value is -4.18. The molecule has 1 saturated carbocycles. The Morgan fingerprint density at radius 2 is 0.682 bits per heavy atom. The summed E-state index contributed by atoms with van der Waals surface area (Å²) in [5.74, 6) is 2.83. The van der Waals surface area contributed by atoms with Crippen LogP contribution in [0, 0.1) is 67.2 Å². The van der Waals surface area contributed by atoms with Crippen LogP contribution in [0.5, 0.6) is 0 Å². The molecular weight excluding hydrogens is 536 g/mol. The first-order valence-electron chi connectivity index (χ1n) is 16.1. The van der Waals surface area contributed by atoms with Gasteiger partial charge in [-0.2, -0.15) is 0 Å². The number of rotatable bonds is 6. The van der Waals surface area contributed by atoms with Crippen molar-refractivity contribution in [1.29, 1.82) is 0 Å². The van der Waals surface area contributed by atoms with E-state index in [1.54, 1.807) is 0 Å². The second-order valence-electron chi connectivity index (χ2n) is 12.8. The topological polar surface area (TPSA) is 48.8 Å². The molecule has 4 nitrogen and oxygen atoms in total. The lowest BCUT2D eigenvalue weighted by molar-refractivity contribution is 0.387. The zero-order valence-electron chi connectivity index (χ0n) is 27.8. The van der Waals surface area contributed by atoms with Crippen molar-refractivity contribution in [3.63, 3.8) is 0 Å². The minimum atomic E-state index is 0.339. The van der Waals surface area contributed by atoms with Gasteiger partial charge in [0.15, 0.2) is 0 Å². The number of nitrogens with one attached hydrogen (secondary N) is 2. The molecule has 0 bridgehead atoms. The average Bonchev–Trinajstić information content (AvgIpc) is 2.99. The highest BCUT2D eigenvalue weighted by Gasteiger charge is 2.29. The first-order chi connectivity index (χ1) is 21.1. The third-order valence-corrected chi connectivity index (χ3v) is 9.31. The first-order valence-corrected chi connectivity index (χ1v) is 16.1. The molecule has 228 valence electrons. The number of anilines is 2. The Morgan fingerprint density at radius 1 is 0.432 bits per heavy atom. The summed E-state index contributed by atoms with van der Waals surface area (Å²) in [7, 11) is 0. The molecule has 1 aliphatic carbocycles. The van der Waals surface area contributed by atoms with Gasteiger partial charge in [0.2, 0.25) is 0 Å². The lowest BCUT2D eigenvalue weighted by Gasteiger charge is -2.32. The molecule has 4 heteroatoms. The highest BCUT2D eigenvalue weighted by Crippen LogP contribution is 2.36. The number of para-hydroxylation sites is 4. The van der Waals surface area contributed by atoms with E-state index in [9.17, 15) is 0 Å². The molecule has 0 saturated heterocycles. The van der Waals surface area contributed by atoms with Crippen LogP contribution in [-0.4, -0.2) is 11.7 Å². The summed E-state index contributed by atoms with van der Waals surface area (Å²) >= 11 is 0. The molecule has 0 radical (unpaired) electrons. The van der Waals surface area contributed by atoms with E-state index in [-0.39, 0.29) is 0 Å². The predicted molar refractivity (Wildman–Crippen MR) is 191 cm³/mol. The molecule has 1 aliphatic rings. The summed E-state index contributed by atoms with van der Waals surface area (Å²) < 4.78 is 0. The predicted octanol–water partition coefficient (Wildman–Crippen LogP) is 10.9. The van der Waals surface area contributed by atoms with Gasteiger partial charge in [0.1, 0.15) is 11.7 Å². The zero-order valence-corrected chi connectivity index (χ0v) is 27.8. The minimum absolute atomic E-state index is 0.339. The van der Waals surface area contributed by atoms with E-state index in [4.69, 9.17) is 9.98 Å². The van der Waals surface area contributed by atoms with Crippen LogP contribution in [0.3, 0.4) is 0 Å². The maximum Gasteiger partial charge on any atom is 0.110 e. The third kappa shape index (κ3) is 6.96. The largest absolute Gasteiger partial charge is 0.343 e. The number of hydrogen-bond acceptors (Lipinski definition) is 2. The lowest BCUT2D eigenvalue weighted by atomic mass is 9.80. The van der Waals surface area contributed by atoms with Crippen LogP contribution in [0.4, 0.5) is 22.7 Å². The van der Waals surface area contributed by atoms with Gasteiger partial charge in [0, 0.05) is 23.2 Å². The van der Waals surface area contributed by atoms with Crippen molar-refractivity contribution in [2.75, 3.05) is 10.6 Å². The van der Waals surface area contributed by atoms with Gasteiger partial charge in [-0.05, 0) is 126 Å². The Morgan fingerprint density at radius 3 is 0.955 bits per heavy atom. The van der Waals surface area contributed by atoms with Crippen molar-refractivity contribution in [2.24, 2.45) is 21.8 Å². The van der Waals surface area contributed by atoms with E-state index in [2.05, 4.69) is 139 Å². The van der Waals surface area contributed by atoms with Crippen molar-refractivity contribution in [3.8, 4) is 0 Å². The lowest BCUT2D eigenvalue weighted by Crippen LogP contribution is -2.32. The number of nitrogens with zero attached hydrogens (tertiary/aromatic N) is 2. The summed E-state index contributed by atoms with van der Waals surface area (Å²) in [4.78, 5) is 10.7. The van der Waals surface area contributed by atoms with Crippen LogP contribution >= 0.6 is 0 Å². The fraction of sp³-hybridized carbons (Fsp3) is 0.350. The van der Waals surface area contributed by atoms with Crippen LogP contribution < -0.4 is 10.6 Å². The summed E-state index contributed by atoms with van der Waals surface area (Å²) in [5.41, 5.74) is 14.3. The number of hydrogen-bond donors (Lipinski definition) is 2. The molecule has 5 rings (SSSR count). The van der Waals surface area contributed by atoms with Crippen molar-refractivity contribution in [2.45, 2.75) is 81.1 Å². The van der Waals surface area contributed by atoms with E-state index in [1.165, 1.54) is 55.9 Å². The number of amidine groups is 2. The fourth-order valence-corrected chi connectivity index (χ4v) is 6.57. The van der Waals surface area contributed by atoms with Crippen LogP contribution in [0.25, 0.3) is 0 Å². The second kappa shape index (κ2) is 13.6. The van der Waals surface area contributed by atoms with E-state index >= 15 is 0 Å². The monoisotopic (exact) mass is 584 g/mol. The Labute approximate surface area is 264 Å². The van der Waals surface area contributed by atoms with Crippen molar-refractivity contribution >= 4 is 34.4 Å². The molecular formula is C40H48N4. The molecule has 0 heterocycles. The Bertz CT molecular complexity index is 1490. The van der Waals surface area contributed by atoms with Crippen LogP contribution in [0.1, 0.15) is 70.2 Å². The van der Waals surface area contributed by atoms with Crippen molar-refractivity contribution in [3.05, 3.63) is 117 Å². The number of benzene rings is 4. The molecule has 0 aliphatic heterocycles. The van der Waals surface area contributed by atoms with E-state index in [0.717, 1.165) is 48.7 Å². The smallest absolute Gasteiger partial charge is 0.110 e. The quantitative estimate of drug-likeness (QED) is 0.175. The standard InChI is InChI=1S/C40H48N4/c1-25-13-9-14-26(2)35(25)41-39(42-36-27(3)15-10-16-28(36)4)33-21-23-34(24-22-33)40(43-37-29(5)17-11-18-30(37)6)44-38-31(7)19-12-20-32(38)8/h9-20,33-34H,21-24H2,1-8H3,(H,41,42)(H,43,44). The van der Waals surface area contributed by atoms with Gasteiger partial charge in [-0.25, -0.2) is 9.98 Å². The van der Waals surface area contributed by atoms with Crippen LogP contribution in [-0.2, 0) is 0 Å². The maximum absolute atomic E-state index is 5.37. The van der Waals surface area contributed by atoms with Gasteiger partial charge in [0.05, 0.1) is 11.4 Å². The normalized spacial score (nSPS) is 17.5. The van der Waals surface area contributed by atoms with E-state index < -0.39 is 0 Å². The third-order valence-electron chi connectivity index (χ3n) is 9.31. The van der Waals surface area contributed by atoms with Gasteiger partial charge < -0.3 is 10.6 Å². The molecule has 4 aromatic rings. The highest BCUT2D eigenvalue weighted by molar-refractivity contribution is 6.02. The van der Waals surface area contributed by atoms with Crippen LogP contribution in [0.15, 0.2) is 82.8 Å². The minimum Gasteiger partial charge on any atom is -0.343 e. The summed E-state index contributed by atoms with van der Waals surface area (Å²) in [6.07, 6.45) is 4.19. The molecule has 0 atom stereocenters. The van der Waals surface area contributed by atoms with Crippen molar-refractivity contribution < 1.29 is 0 Å². The molecule has 0 amide bonds. The molecule has 0 unspecified atom stereocenters. The molecule has 4 aromatic carbocycles. The Kier molecular flexibility index (Phi) is 9.68. The van der Waals surface area contributed by atoms with Gasteiger partial charge in [-0.1, -0.05) is 72.8 Å². The molecule has 44 heavy (non-hydrogen) atoms. The van der Waals surface area contributed by atoms with Gasteiger partial charge in [-0.3, -0.25) is 0 Å². The Balaban J connectivity index is 1.48. The summed E-state index contributed by atoms with van der Waals surface area (Å²) in [5, 5.41) is 7.69. The van der Waals surface area contributed by atoms with Gasteiger partial charge in [0.25, 0.3) is 0 Å². The second-order valence-corrected chi connectivity index (χ2v) is 12.8. The summed E-state index contributed by atoms with van der Waals surface area (Å²) in [6, 6.07) is 25.9. The van der Waals surface area contributed by atoms with Gasteiger partial charge >= 0.3 is 0 Å². The van der Waals surface area contributed by atoms with Crippen LogP contribution in [0.2, 0.25) is 0 Å². The summed E-state index contributed by atoms with van der Waals surface area (Å²) in [6.45, 7) is 17.4. The SMILES string of the molecule is Cc1cccc(C)c1N=C(Nc1c(C)cccc1C)C1CCC(C(=Nc2c(C)cccc2C)Nc2c(C)cccc2C)CC1. The van der Waals surface area contributed by atoms with E-state index in [0.29, 0.717) is 11.8 Å². The molecule has 2 N–H and O–H groups in total. The van der Waals surface area contributed by atoms with E-state index in [1.807, 2.05) is 0 Å². The molecule has 1 fully saturated rings.